The van der Waals surface area contributed by atoms with Crippen LogP contribution >= 0.6 is 0 Å². The van der Waals surface area contributed by atoms with Crippen molar-refractivity contribution in [2.24, 2.45) is 5.11 Å². The van der Waals surface area contributed by atoms with Crippen LogP contribution < -0.4 is 0 Å². The van der Waals surface area contributed by atoms with E-state index in [1.165, 1.54) is 0 Å². The van der Waals surface area contributed by atoms with E-state index in [1.54, 1.807) is 0 Å². The summed E-state index contributed by atoms with van der Waals surface area (Å²) >= 11 is 0. The monoisotopic (exact) mass is 243 g/mol. The highest BCUT2D eigenvalue weighted by Gasteiger charge is 2.36. The molecule has 4 nitrogen and oxygen atoms in total. The highest BCUT2D eigenvalue weighted by molar-refractivity contribution is 6.74. The zero-order valence-corrected chi connectivity index (χ0v) is 12.4. The van der Waals surface area contributed by atoms with Gasteiger partial charge in [-0.25, -0.2) is 0 Å². The van der Waals surface area contributed by atoms with Crippen molar-refractivity contribution in [2.75, 3.05) is 6.61 Å². The molecule has 0 saturated carbocycles. The predicted octanol–water partition coefficient (Wildman–Crippen LogP) is 4.49. The van der Waals surface area contributed by atoms with Gasteiger partial charge in [0.1, 0.15) is 0 Å². The fourth-order valence-electron chi connectivity index (χ4n) is 1.07. The Labute approximate surface area is 100 Å². The summed E-state index contributed by atoms with van der Waals surface area (Å²) < 4.78 is 6.03. The first kappa shape index (κ1) is 15.5. The second-order valence-corrected chi connectivity index (χ2v) is 10.6. The summed E-state index contributed by atoms with van der Waals surface area (Å²) in [6.07, 6.45) is 1.87. The van der Waals surface area contributed by atoms with Crippen molar-refractivity contribution in [1.29, 1.82) is 0 Å². The SMILES string of the molecule is CC(CCCO[Si](C)(C)C(C)(C)C)N=[N+]=[N-]. The summed E-state index contributed by atoms with van der Waals surface area (Å²) in [6.45, 7) is 13.9. The van der Waals surface area contributed by atoms with Gasteiger partial charge in [-0.2, -0.15) is 0 Å². The molecule has 0 rings (SSSR count). The van der Waals surface area contributed by atoms with Crippen LogP contribution in [0.15, 0.2) is 5.11 Å². The van der Waals surface area contributed by atoms with E-state index in [4.69, 9.17) is 9.96 Å². The first-order chi connectivity index (χ1) is 7.20. The molecule has 0 amide bonds. The smallest absolute Gasteiger partial charge is 0.191 e. The average molecular weight is 243 g/mol. The van der Waals surface area contributed by atoms with Crippen LogP contribution in [-0.4, -0.2) is 21.0 Å². The van der Waals surface area contributed by atoms with Crippen molar-refractivity contribution >= 4 is 8.32 Å². The van der Waals surface area contributed by atoms with E-state index >= 15 is 0 Å². The van der Waals surface area contributed by atoms with Gasteiger partial charge in [-0.3, -0.25) is 0 Å². The molecule has 0 N–H and O–H groups in total. The summed E-state index contributed by atoms with van der Waals surface area (Å²) in [5.41, 5.74) is 8.26. The molecule has 1 unspecified atom stereocenters. The third-order valence-electron chi connectivity index (χ3n) is 3.28. The molecule has 94 valence electrons. The highest BCUT2D eigenvalue weighted by Crippen LogP contribution is 2.36. The number of rotatable bonds is 6. The van der Waals surface area contributed by atoms with Crippen molar-refractivity contribution in [3.63, 3.8) is 0 Å². The van der Waals surface area contributed by atoms with Gasteiger partial charge >= 0.3 is 0 Å². The summed E-state index contributed by atoms with van der Waals surface area (Å²) in [5.74, 6) is 0. The maximum Gasteiger partial charge on any atom is 0.191 e. The molecule has 0 heterocycles. The zero-order valence-electron chi connectivity index (χ0n) is 11.4. The summed E-state index contributed by atoms with van der Waals surface area (Å²) in [6, 6.07) is 0.0769. The predicted molar refractivity (Wildman–Crippen MR) is 71.0 cm³/mol. The van der Waals surface area contributed by atoms with Crippen molar-refractivity contribution in [3.05, 3.63) is 10.4 Å². The molecule has 0 fully saturated rings. The number of hydrogen-bond donors (Lipinski definition) is 0. The molecular formula is C11H25N3OSi. The fraction of sp³-hybridized carbons (Fsp3) is 1.00. The van der Waals surface area contributed by atoms with Crippen LogP contribution in [0.5, 0.6) is 0 Å². The van der Waals surface area contributed by atoms with Gasteiger partial charge in [0.05, 0.1) is 0 Å². The van der Waals surface area contributed by atoms with Crippen LogP contribution in [0.2, 0.25) is 18.1 Å². The molecule has 0 aliphatic heterocycles. The highest BCUT2D eigenvalue weighted by atomic mass is 28.4. The third kappa shape index (κ3) is 5.54. The summed E-state index contributed by atoms with van der Waals surface area (Å²) in [7, 11) is -1.60. The van der Waals surface area contributed by atoms with Crippen LogP contribution in [-0.2, 0) is 4.43 Å². The Morgan fingerprint density at radius 1 is 1.38 bits per heavy atom. The average Bonchev–Trinajstić information content (AvgIpc) is 2.11. The molecule has 0 radical (unpaired) electrons. The minimum absolute atomic E-state index is 0.0769. The molecule has 0 aliphatic carbocycles. The van der Waals surface area contributed by atoms with Crippen LogP contribution in [0.3, 0.4) is 0 Å². The van der Waals surface area contributed by atoms with Gasteiger partial charge in [0.25, 0.3) is 0 Å². The first-order valence-corrected chi connectivity index (χ1v) is 8.79. The molecular weight excluding hydrogens is 218 g/mol. The lowest BCUT2D eigenvalue weighted by Gasteiger charge is -2.36. The normalized spacial score (nSPS) is 14.4. The van der Waals surface area contributed by atoms with Crippen molar-refractivity contribution in [3.8, 4) is 0 Å². The van der Waals surface area contributed by atoms with E-state index < -0.39 is 8.32 Å². The minimum atomic E-state index is -1.60. The molecule has 0 bridgehead atoms. The van der Waals surface area contributed by atoms with E-state index in [9.17, 15) is 0 Å². The molecule has 16 heavy (non-hydrogen) atoms. The molecule has 1 atom stereocenters. The molecule has 0 aromatic heterocycles. The lowest BCUT2D eigenvalue weighted by atomic mass is 10.2. The van der Waals surface area contributed by atoms with Gasteiger partial charge in [0.15, 0.2) is 8.32 Å². The second-order valence-electron chi connectivity index (χ2n) is 5.80. The maximum atomic E-state index is 8.26. The zero-order chi connectivity index (χ0) is 12.8. The van der Waals surface area contributed by atoms with E-state index in [0.717, 1.165) is 19.4 Å². The summed E-state index contributed by atoms with van der Waals surface area (Å²) in [5, 5.41) is 3.91. The topological polar surface area (TPSA) is 58.0 Å². The van der Waals surface area contributed by atoms with Gasteiger partial charge in [-0.15, -0.1) is 0 Å². The van der Waals surface area contributed by atoms with Crippen LogP contribution in [0.4, 0.5) is 0 Å². The van der Waals surface area contributed by atoms with Crippen molar-refractivity contribution in [1.82, 2.24) is 0 Å². The van der Waals surface area contributed by atoms with Crippen LogP contribution in [0, 0.1) is 0 Å². The van der Waals surface area contributed by atoms with Gasteiger partial charge in [0, 0.05) is 17.6 Å². The number of hydrogen-bond acceptors (Lipinski definition) is 2. The Morgan fingerprint density at radius 2 is 1.94 bits per heavy atom. The molecule has 0 aromatic carbocycles. The lowest BCUT2D eigenvalue weighted by molar-refractivity contribution is 0.276. The van der Waals surface area contributed by atoms with E-state index in [0.29, 0.717) is 0 Å². The lowest BCUT2D eigenvalue weighted by Crippen LogP contribution is -2.41. The second kappa shape index (κ2) is 6.28. The van der Waals surface area contributed by atoms with E-state index in [2.05, 4.69) is 43.9 Å². The van der Waals surface area contributed by atoms with Gasteiger partial charge < -0.3 is 4.43 Å². The molecule has 5 heteroatoms. The number of azide groups is 1. The Morgan fingerprint density at radius 3 is 2.38 bits per heavy atom. The molecule has 0 aliphatic rings. The van der Waals surface area contributed by atoms with E-state index in [1.807, 2.05) is 6.92 Å². The van der Waals surface area contributed by atoms with Gasteiger partial charge in [0.2, 0.25) is 0 Å². The van der Waals surface area contributed by atoms with Crippen molar-refractivity contribution in [2.45, 2.75) is 64.7 Å². The number of nitrogens with zero attached hydrogens (tertiary/aromatic N) is 3. The Bertz CT molecular complexity index is 254. The van der Waals surface area contributed by atoms with E-state index in [-0.39, 0.29) is 11.1 Å². The Balaban J connectivity index is 3.87. The molecule has 0 saturated heterocycles. The molecule has 0 spiro atoms. The quantitative estimate of drug-likeness (QED) is 0.223. The minimum Gasteiger partial charge on any atom is -0.417 e. The Kier molecular flexibility index (Phi) is 6.08. The maximum absolute atomic E-state index is 8.26. The van der Waals surface area contributed by atoms with Crippen LogP contribution in [0.1, 0.15) is 40.5 Å². The van der Waals surface area contributed by atoms with Crippen molar-refractivity contribution < 1.29 is 4.43 Å². The molecule has 0 aromatic rings. The fourth-order valence-corrected chi connectivity index (χ4v) is 2.16. The van der Waals surface area contributed by atoms with Gasteiger partial charge in [-0.05, 0) is 36.5 Å². The third-order valence-corrected chi connectivity index (χ3v) is 7.82. The van der Waals surface area contributed by atoms with Crippen LogP contribution in [0.25, 0.3) is 10.4 Å². The Hall–Kier alpha value is -0.513. The van der Waals surface area contributed by atoms with Gasteiger partial charge in [-0.1, -0.05) is 32.8 Å². The standard InChI is InChI=1S/C11H25N3OSi/c1-10(13-14-12)8-7-9-15-16(5,6)11(2,3)4/h10H,7-9H2,1-6H3. The largest absolute Gasteiger partial charge is 0.417 e. The summed E-state index contributed by atoms with van der Waals surface area (Å²) in [4.78, 5) is 2.80. The first-order valence-electron chi connectivity index (χ1n) is 5.89.